The highest BCUT2D eigenvalue weighted by molar-refractivity contribution is 5.79. The second-order valence-corrected chi connectivity index (χ2v) is 6.50. The quantitative estimate of drug-likeness (QED) is 0.776. The second kappa shape index (κ2) is 5.86. The number of hydrogen-bond donors (Lipinski definition) is 2. The molecule has 1 amide bonds. The molecule has 0 aromatic rings. The minimum Gasteiger partial charge on any atom is -0.392 e. The minimum absolute atomic E-state index is 0.116. The van der Waals surface area contributed by atoms with Gasteiger partial charge in [-0.15, -0.1) is 0 Å². The molecular formula is C16H25NO3. The van der Waals surface area contributed by atoms with E-state index >= 15 is 0 Å². The van der Waals surface area contributed by atoms with E-state index in [-0.39, 0.29) is 23.5 Å². The molecule has 3 rings (SSSR count). The van der Waals surface area contributed by atoms with Gasteiger partial charge >= 0.3 is 0 Å². The van der Waals surface area contributed by atoms with Gasteiger partial charge in [-0.05, 0) is 44.9 Å². The van der Waals surface area contributed by atoms with Gasteiger partial charge in [0.05, 0.1) is 6.10 Å². The molecule has 2 fully saturated rings. The lowest BCUT2D eigenvalue weighted by Crippen LogP contribution is -2.65. The third-order valence-corrected chi connectivity index (χ3v) is 5.35. The van der Waals surface area contributed by atoms with E-state index in [1.54, 1.807) is 0 Å². The van der Waals surface area contributed by atoms with E-state index in [0.717, 1.165) is 25.7 Å². The lowest BCUT2D eigenvalue weighted by atomic mass is 9.58. The zero-order valence-corrected chi connectivity index (χ0v) is 12.1. The van der Waals surface area contributed by atoms with Crippen LogP contribution in [0.4, 0.5) is 0 Å². The Balaban J connectivity index is 1.54. The highest BCUT2D eigenvalue weighted by Crippen LogP contribution is 2.49. The fourth-order valence-electron chi connectivity index (χ4n) is 3.92. The van der Waals surface area contributed by atoms with Gasteiger partial charge in [0, 0.05) is 31.1 Å². The molecule has 2 aliphatic carbocycles. The highest BCUT2D eigenvalue weighted by Gasteiger charge is 2.55. The highest BCUT2D eigenvalue weighted by atomic mass is 16.5. The van der Waals surface area contributed by atoms with Crippen LogP contribution in [0.5, 0.6) is 0 Å². The molecule has 20 heavy (non-hydrogen) atoms. The van der Waals surface area contributed by atoms with Gasteiger partial charge in [0.15, 0.2) is 0 Å². The summed E-state index contributed by atoms with van der Waals surface area (Å²) in [4.78, 5) is 12.2. The molecule has 0 aromatic heterocycles. The Labute approximate surface area is 120 Å². The molecule has 112 valence electrons. The predicted molar refractivity (Wildman–Crippen MR) is 76.2 cm³/mol. The van der Waals surface area contributed by atoms with Crippen LogP contribution in [0.1, 0.15) is 51.4 Å². The monoisotopic (exact) mass is 279 g/mol. The maximum absolute atomic E-state index is 12.2. The molecule has 2 N–H and O–H groups in total. The Morgan fingerprint density at radius 2 is 2.20 bits per heavy atom. The Morgan fingerprint density at radius 1 is 1.40 bits per heavy atom. The summed E-state index contributed by atoms with van der Waals surface area (Å²) in [5.41, 5.74) is 1.17. The summed E-state index contributed by atoms with van der Waals surface area (Å²) >= 11 is 0. The lowest BCUT2D eigenvalue weighted by Gasteiger charge is -2.55. The summed E-state index contributed by atoms with van der Waals surface area (Å²) < 4.78 is 5.39. The summed E-state index contributed by atoms with van der Waals surface area (Å²) in [7, 11) is 0. The van der Waals surface area contributed by atoms with Gasteiger partial charge < -0.3 is 15.2 Å². The van der Waals surface area contributed by atoms with E-state index < -0.39 is 0 Å². The Morgan fingerprint density at radius 3 is 2.85 bits per heavy atom. The van der Waals surface area contributed by atoms with Crippen LogP contribution in [0.3, 0.4) is 0 Å². The number of carbonyl (C=O) groups is 1. The molecule has 0 unspecified atom stereocenters. The Bertz CT molecular complexity index is 399. The van der Waals surface area contributed by atoms with Gasteiger partial charge in [-0.2, -0.15) is 0 Å². The first kappa shape index (κ1) is 14.1. The summed E-state index contributed by atoms with van der Waals surface area (Å²) in [6.07, 6.45) is 9.57. The fourth-order valence-corrected chi connectivity index (χ4v) is 3.92. The first-order valence-corrected chi connectivity index (χ1v) is 7.94. The second-order valence-electron chi connectivity index (χ2n) is 6.50. The molecule has 3 aliphatic rings. The number of hydrogen-bond acceptors (Lipinski definition) is 3. The number of amides is 1. The summed E-state index contributed by atoms with van der Waals surface area (Å²) in [5.74, 6) is 0.126. The van der Waals surface area contributed by atoms with Crippen molar-refractivity contribution in [2.45, 2.75) is 63.5 Å². The van der Waals surface area contributed by atoms with E-state index in [1.165, 1.54) is 18.4 Å². The molecule has 4 heteroatoms. The number of aliphatic hydroxyl groups excluding tert-OH is 1. The fraction of sp³-hybridized carbons (Fsp3) is 0.812. The van der Waals surface area contributed by atoms with Crippen LogP contribution in [0.25, 0.3) is 0 Å². The average Bonchev–Trinajstić information content (AvgIpc) is 2.49. The van der Waals surface area contributed by atoms with Crippen molar-refractivity contribution in [2.75, 3.05) is 13.2 Å². The predicted octanol–water partition coefficient (Wildman–Crippen LogP) is 1.92. The van der Waals surface area contributed by atoms with Crippen LogP contribution in [-0.4, -0.2) is 36.4 Å². The first-order chi connectivity index (χ1) is 9.71. The van der Waals surface area contributed by atoms with Crippen LogP contribution >= 0.6 is 0 Å². The molecule has 1 heterocycles. The van der Waals surface area contributed by atoms with Crippen molar-refractivity contribution in [3.8, 4) is 0 Å². The minimum atomic E-state index is -0.273. The maximum atomic E-state index is 12.2. The number of allylic oxidation sites excluding steroid dienone is 1. The van der Waals surface area contributed by atoms with E-state index in [9.17, 15) is 9.90 Å². The van der Waals surface area contributed by atoms with Crippen LogP contribution in [0, 0.1) is 5.41 Å². The van der Waals surface area contributed by atoms with Gasteiger partial charge in [0.25, 0.3) is 0 Å². The van der Waals surface area contributed by atoms with E-state index in [0.29, 0.717) is 26.1 Å². The van der Waals surface area contributed by atoms with Crippen molar-refractivity contribution < 1.29 is 14.6 Å². The molecule has 1 spiro atoms. The van der Waals surface area contributed by atoms with Gasteiger partial charge in [-0.25, -0.2) is 0 Å². The molecule has 0 radical (unpaired) electrons. The van der Waals surface area contributed by atoms with Gasteiger partial charge in [-0.1, -0.05) is 11.6 Å². The zero-order chi connectivity index (χ0) is 14.0. The molecule has 1 saturated heterocycles. The van der Waals surface area contributed by atoms with Crippen LogP contribution in [0.2, 0.25) is 0 Å². The van der Waals surface area contributed by atoms with Crippen molar-refractivity contribution in [1.82, 2.24) is 5.32 Å². The van der Waals surface area contributed by atoms with Gasteiger partial charge in [0.2, 0.25) is 5.91 Å². The third-order valence-electron chi connectivity index (χ3n) is 5.35. The molecular weight excluding hydrogens is 254 g/mol. The number of carbonyl (C=O) groups excluding carboxylic acids is 1. The Kier molecular flexibility index (Phi) is 4.13. The topological polar surface area (TPSA) is 58.6 Å². The average molecular weight is 279 g/mol. The smallest absolute Gasteiger partial charge is 0.224 e. The first-order valence-electron chi connectivity index (χ1n) is 7.94. The number of ether oxygens (including phenoxy) is 1. The van der Waals surface area contributed by atoms with Gasteiger partial charge in [-0.3, -0.25) is 4.79 Å². The standard InChI is InChI=1S/C16H25NO3/c18-14-11-13(16(14)6-8-20-9-7-16)17-15(19)10-12-4-2-1-3-5-12/h4,13-14,18H,1-3,5-11H2,(H,17,19)/t13-,14-/m1/s1. The van der Waals surface area contributed by atoms with E-state index in [2.05, 4.69) is 11.4 Å². The molecule has 4 nitrogen and oxygen atoms in total. The van der Waals surface area contributed by atoms with Crippen LogP contribution < -0.4 is 5.32 Å². The summed E-state index contributed by atoms with van der Waals surface area (Å²) in [6.45, 7) is 1.41. The number of rotatable bonds is 3. The maximum Gasteiger partial charge on any atom is 0.224 e. The summed E-state index contributed by atoms with van der Waals surface area (Å²) in [5, 5.41) is 13.3. The van der Waals surface area contributed by atoms with E-state index in [4.69, 9.17) is 4.74 Å². The molecule has 1 aliphatic heterocycles. The van der Waals surface area contributed by atoms with Crippen molar-refractivity contribution in [2.24, 2.45) is 5.41 Å². The Hall–Kier alpha value is -0.870. The molecule has 1 saturated carbocycles. The van der Waals surface area contributed by atoms with E-state index in [1.807, 2.05) is 0 Å². The molecule has 0 aromatic carbocycles. The van der Waals surface area contributed by atoms with Crippen LogP contribution in [-0.2, 0) is 9.53 Å². The van der Waals surface area contributed by atoms with Crippen molar-refractivity contribution in [3.63, 3.8) is 0 Å². The number of aliphatic hydroxyl groups is 1. The SMILES string of the molecule is O=C(CC1=CCCCC1)N[C@@H]1C[C@@H](O)C12CCOCC2. The zero-order valence-electron chi connectivity index (χ0n) is 12.1. The molecule has 0 bridgehead atoms. The largest absolute Gasteiger partial charge is 0.392 e. The van der Waals surface area contributed by atoms with Crippen molar-refractivity contribution in [3.05, 3.63) is 11.6 Å². The van der Waals surface area contributed by atoms with Crippen LogP contribution in [0.15, 0.2) is 11.6 Å². The van der Waals surface area contributed by atoms with Crippen molar-refractivity contribution in [1.29, 1.82) is 0 Å². The normalized spacial score (nSPS) is 32.4. The van der Waals surface area contributed by atoms with Gasteiger partial charge in [0.1, 0.15) is 0 Å². The lowest BCUT2D eigenvalue weighted by molar-refractivity contribution is -0.155. The summed E-state index contributed by atoms with van der Waals surface area (Å²) in [6, 6.07) is 0.137. The van der Waals surface area contributed by atoms with Crippen molar-refractivity contribution >= 4 is 5.91 Å². The molecule has 2 atom stereocenters. The third kappa shape index (κ3) is 2.63. The number of nitrogens with one attached hydrogen (secondary N) is 1.